The molecule has 3 heteroatoms. The summed E-state index contributed by atoms with van der Waals surface area (Å²) < 4.78 is 5.26. The molecule has 1 saturated heterocycles. The summed E-state index contributed by atoms with van der Waals surface area (Å²) in [7, 11) is 0. The monoisotopic (exact) mass is 271 g/mol. The van der Waals surface area contributed by atoms with Crippen molar-refractivity contribution in [3.8, 4) is 0 Å². The van der Waals surface area contributed by atoms with E-state index in [1.54, 1.807) is 12.2 Å². The van der Waals surface area contributed by atoms with Crippen molar-refractivity contribution in [1.82, 2.24) is 5.32 Å². The van der Waals surface area contributed by atoms with Gasteiger partial charge in [-0.05, 0) is 18.4 Å². The van der Waals surface area contributed by atoms with Crippen molar-refractivity contribution < 1.29 is 9.53 Å². The van der Waals surface area contributed by atoms with E-state index in [1.807, 2.05) is 30.4 Å². The van der Waals surface area contributed by atoms with Crippen molar-refractivity contribution in [2.75, 3.05) is 19.8 Å². The summed E-state index contributed by atoms with van der Waals surface area (Å²) in [5.74, 6) is 0.433. The lowest BCUT2D eigenvalue weighted by Gasteiger charge is -2.06. The fourth-order valence-electron chi connectivity index (χ4n) is 2.09. The Morgan fingerprint density at radius 1 is 1.30 bits per heavy atom. The summed E-state index contributed by atoms with van der Waals surface area (Å²) in [6, 6.07) is 10.2. The molecule has 106 valence electrons. The van der Waals surface area contributed by atoms with Crippen LogP contribution in [0, 0.1) is 5.92 Å². The Morgan fingerprint density at radius 2 is 2.15 bits per heavy atom. The molecule has 1 aromatic rings. The zero-order valence-corrected chi connectivity index (χ0v) is 11.6. The van der Waals surface area contributed by atoms with E-state index in [1.165, 1.54) is 5.56 Å². The van der Waals surface area contributed by atoms with Gasteiger partial charge >= 0.3 is 0 Å². The molecule has 0 spiro atoms. The molecule has 1 N–H and O–H groups in total. The van der Waals surface area contributed by atoms with E-state index < -0.39 is 0 Å². The van der Waals surface area contributed by atoms with Crippen molar-refractivity contribution >= 4 is 5.91 Å². The van der Waals surface area contributed by atoms with E-state index in [9.17, 15) is 4.79 Å². The number of amides is 1. The molecule has 0 radical (unpaired) electrons. The van der Waals surface area contributed by atoms with Gasteiger partial charge in [0.1, 0.15) is 0 Å². The van der Waals surface area contributed by atoms with Gasteiger partial charge in [0.25, 0.3) is 0 Å². The van der Waals surface area contributed by atoms with Crippen LogP contribution in [0.2, 0.25) is 0 Å². The molecule has 1 heterocycles. The first-order chi connectivity index (χ1) is 9.84. The molecule has 1 aromatic carbocycles. The van der Waals surface area contributed by atoms with E-state index in [4.69, 9.17) is 4.74 Å². The van der Waals surface area contributed by atoms with Crippen LogP contribution in [0.25, 0.3) is 0 Å². The highest BCUT2D eigenvalue weighted by atomic mass is 16.5. The average Bonchev–Trinajstić information content (AvgIpc) is 2.99. The molecule has 1 amide bonds. The van der Waals surface area contributed by atoms with Crippen molar-refractivity contribution in [3.05, 3.63) is 60.2 Å². The molecule has 20 heavy (non-hydrogen) atoms. The van der Waals surface area contributed by atoms with Crippen LogP contribution in [0.3, 0.4) is 0 Å². The second kappa shape index (κ2) is 8.33. The van der Waals surface area contributed by atoms with Gasteiger partial charge in [0, 0.05) is 25.1 Å². The van der Waals surface area contributed by atoms with E-state index in [2.05, 4.69) is 17.4 Å². The number of carbonyl (C=O) groups excluding carboxylic acids is 1. The topological polar surface area (TPSA) is 38.3 Å². The molecular formula is C17H21NO2. The summed E-state index contributed by atoms with van der Waals surface area (Å²) in [6.45, 7) is 2.29. The van der Waals surface area contributed by atoms with Crippen LogP contribution in [0.1, 0.15) is 12.0 Å². The lowest BCUT2D eigenvalue weighted by Crippen LogP contribution is -2.27. The van der Waals surface area contributed by atoms with Gasteiger partial charge in [0.15, 0.2) is 0 Å². The van der Waals surface area contributed by atoms with Crippen LogP contribution in [-0.4, -0.2) is 25.7 Å². The van der Waals surface area contributed by atoms with E-state index >= 15 is 0 Å². The third-order valence-corrected chi connectivity index (χ3v) is 3.28. The molecule has 1 atom stereocenters. The molecule has 0 aromatic heterocycles. The zero-order chi connectivity index (χ0) is 14.0. The third kappa shape index (κ3) is 5.41. The lowest BCUT2D eigenvalue weighted by atomic mass is 10.1. The maximum absolute atomic E-state index is 11.6. The van der Waals surface area contributed by atoms with Gasteiger partial charge in [-0.3, -0.25) is 4.79 Å². The number of rotatable bonds is 6. The Hall–Kier alpha value is -1.87. The fourth-order valence-corrected chi connectivity index (χ4v) is 2.09. The summed E-state index contributed by atoms with van der Waals surface area (Å²) in [5.41, 5.74) is 1.27. The van der Waals surface area contributed by atoms with E-state index in [0.717, 1.165) is 26.1 Å². The van der Waals surface area contributed by atoms with Crippen molar-refractivity contribution in [3.63, 3.8) is 0 Å². The normalized spacial score (nSPS) is 18.9. The van der Waals surface area contributed by atoms with Crippen LogP contribution in [0.15, 0.2) is 54.6 Å². The molecule has 1 fully saturated rings. The van der Waals surface area contributed by atoms with Crippen molar-refractivity contribution in [2.24, 2.45) is 5.92 Å². The maximum Gasteiger partial charge on any atom is 0.243 e. The first-order valence-corrected chi connectivity index (χ1v) is 7.07. The minimum Gasteiger partial charge on any atom is -0.381 e. The molecule has 1 unspecified atom stereocenters. The predicted molar refractivity (Wildman–Crippen MR) is 80.4 cm³/mol. The minimum atomic E-state index is -0.0405. The Morgan fingerprint density at radius 3 is 2.90 bits per heavy atom. The Labute approximate surface area is 120 Å². The van der Waals surface area contributed by atoms with Crippen LogP contribution < -0.4 is 5.32 Å². The SMILES string of the molecule is O=C(/C=C/C=C/Cc1ccccc1)NCC1CCOC1. The second-order valence-electron chi connectivity index (χ2n) is 4.95. The van der Waals surface area contributed by atoms with Gasteiger partial charge in [-0.2, -0.15) is 0 Å². The van der Waals surface area contributed by atoms with Gasteiger partial charge in [0.2, 0.25) is 5.91 Å². The Balaban J connectivity index is 1.63. The van der Waals surface area contributed by atoms with Crippen LogP contribution in [0.4, 0.5) is 0 Å². The van der Waals surface area contributed by atoms with Crippen LogP contribution in [-0.2, 0) is 16.0 Å². The van der Waals surface area contributed by atoms with Gasteiger partial charge in [-0.1, -0.05) is 48.6 Å². The van der Waals surface area contributed by atoms with E-state index in [-0.39, 0.29) is 5.91 Å². The lowest BCUT2D eigenvalue weighted by molar-refractivity contribution is -0.116. The molecule has 2 rings (SSSR count). The maximum atomic E-state index is 11.6. The van der Waals surface area contributed by atoms with Gasteiger partial charge in [-0.25, -0.2) is 0 Å². The first kappa shape index (κ1) is 14.5. The van der Waals surface area contributed by atoms with Gasteiger partial charge in [-0.15, -0.1) is 0 Å². The summed E-state index contributed by atoms with van der Waals surface area (Å²) in [6.07, 6.45) is 9.23. The molecule has 0 bridgehead atoms. The predicted octanol–water partition coefficient (Wildman–Crippen LogP) is 2.49. The number of carbonyl (C=O) groups is 1. The van der Waals surface area contributed by atoms with Crippen LogP contribution >= 0.6 is 0 Å². The Bertz CT molecular complexity index is 459. The summed E-state index contributed by atoms with van der Waals surface area (Å²) >= 11 is 0. The highest BCUT2D eigenvalue weighted by Crippen LogP contribution is 2.10. The molecule has 1 aliphatic rings. The van der Waals surface area contributed by atoms with Crippen molar-refractivity contribution in [2.45, 2.75) is 12.8 Å². The smallest absolute Gasteiger partial charge is 0.243 e. The van der Waals surface area contributed by atoms with Crippen LogP contribution in [0.5, 0.6) is 0 Å². The molecule has 0 aliphatic carbocycles. The number of hydrogen-bond acceptors (Lipinski definition) is 2. The second-order valence-corrected chi connectivity index (χ2v) is 4.95. The fraction of sp³-hybridized carbons (Fsp3) is 0.353. The van der Waals surface area contributed by atoms with E-state index in [0.29, 0.717) is 12.5 Å². The van der Waals surface area contributed by atoms with Gasteiger partial charge < -0.3 is 10.1 Å². The highest BCUT2D eigenvalue weighted by Gasteiger charge is 2.15. The number of benzene rings is 1. The summed E-state index contributed by atoms with van der Waals surface area (Å²) in [5, 5.41) is 2.89. The zero-order valence-electron chi connectivity index (χ0n) is 11.6. The first-order valence-electron chi connectivity index (χ1n) is 7.07. The van der Waals surface area contributed by atoms with Crippen molar-refractivity contribution in [1.29, 1.82) is 0 Å². The number of allylic oxidation sites excluding steroid dienone is 3. The average molecular weight is 271 g/mol. The third-order valence-electron chi connectivity index (χ3n) is 3.28. The molecule has 0 saturated carbocycles. The summed E-state index contributed by atoms with van der Waals surface area (Å²) in [4.78, 5) is 11.6. The Kier molecular flexibility index (Phi) is 6.06. The highest BCUT2D eigenvalue weighted by molar-refractivity contribution is 5.87. The molecular weight excluding hydrogens is 250 g/mol. The minimum absolute atomic E-state index is 0.0405. The number of hydrogen-bond donors (Lipinski definition) is 1. The molecule has 1 aliphatic heterocycles. The number of ether oxygens (including phenoxy) is 1. The largest absolute Gasteiger partial charge is 0.381 e. The van der Waals surface area contributed by atoms with Gasteiger partial charge in [0.05, 0.1) is 6.61 Å². The quantitative estimate of drug-likeness (QED) is 0.637. The standard InChI is InChI=1S/C17H21NO2/c19-17(18-13-16-11-12-20-14-16)10-6-2-5-9-15-7-3-1-4-8-15/h1-8,10,16H,9,11-14H2,(H,18,19)/b5-2+,10-6+. The molecule has 3 nitrogen and oxygen atoms in total. The number of nitrogens with one attached hydrogen (secondary N) is 1.